The zero-order valence-corrected chi connectivity index (χ0v) is 17.4. The van der Waals surface area contributed by atoms with E-state index >= 15 is 0 Å². The number of nitrogens with one attached hydrogen (secondary N) is 2. The summed E-state index contributed by atoms with van der Waals surface area (Å²) in [7, 11) is 0. The van der Waals surface area contributed by atoms with Gasteiger partial charge in [0.25, 0.3) is 11.8 Å². The molecule has 2 aromatic rings. The normalized spacial score (nSPS) is 18.1. The van der Waals surface area contributed by atoms with Gasteiger partial charge < -0.3 is 10.6 Å². The van der Waals surface area contributed by atoms with Gasteiger partial charge in [0, 0.05) is 11.3 Å². The first kappa shape index (κ1) is 19.4. The minimum absolute atomic E-state index is 0.156. The van der Waals surface area contributed by atoms with E-state index in [1.807, 2.05) is 32.0 Å². The van der Waals surface area contributed by atoms with Gasteiger partial charge in [-0.2, -0.15) is 0 Å². The predicted molar refractivity (Wildman–Crippen MR) is 119 cm³/mol. The highest BCUT2D eigenvalue weighted by Gasteiger charge is 2.39. The lowest BCUT2D eigenvalue weighted by Crippen LogP contribution is -2.35. The van der Waals surface area contributed by atoms with Crippen molar-refractivity contribution in [1.82, 2.24) is 5.32 Å². The lowest BCUT2D eigenvalue weighted by atomic mass is 10.1. The Kier molecular flexibility index (Phi) is 4.97. The van der Waals surface area contributed by atoms with E-state index in [0.717, 1.165) is 22.9 Å². The molecule has 3 amide bonds. The Balaban J connectivity index is 1.64. The van der Waals surface area contributed by atoms with Crippen LogP contribution in [0.4, 0.5) is 11.4 Å². The van der Waals surface area contributed by atoms with E-state index in [1.165, 1.54) is 4.90 Å². The fourth-order valence-corrected chi connectivity index (χ4v) is 4.54. The fourth-order valence-electron chi connectivity index (χ4n) is 3.42. The number of benzene rings is 2. The minimum atomic E-state index is -0.389. The van der Waals surface area contributed by atoms with E-state index in [4.69, 9.17) is 12.2 Å². The van der Waals surface area contributed by atoms with Crippen molar-refractivity contribution < 1.29 is 14.4 Å². The van der Waals surface area contributed by atoms with E-state index in [2.05, 4.69) is 10.6 Å². The van der Waals surface area contributed by atoms with Crippen LogP contribution in [0.2, 0.25) is 0 Å². The molecule has 0 bridgehead atoms. The molecular formula is C21H17N3O3S2. The smallest absolute Gasteiger partial charge is 0.264 e. The van der Waals surface area contributed by atoms with Crippen LogP contribution in [-0.2, 0) is 14.4 Å². The van der Waals surface area contributed by atoms with E-state index in [0.29, 0.717) is 21.3 Å². The maximum absolute atomic E-state index is 13.2. The minimum Gasteiger partial charge on any atom is -0.324 e. The quantitative estimate of drug-likeness (QED) is 0.586. The number of thioether (sulfide) groups is 1. The molecule has 6 nitrogen and oxygen atoms in total. The fraction of sp³-hybridized carbons (Fsp3) is 0.143. The second kappa shape index (κ2) is 7.46. The molecule has 2 aliphatic heterocycles. The van der Waals surface area contributed by atoms with Crippen molar-refractivity contribution >= 4 is 63.0 Å². The van der Waals surface area contributed by atoms with Crippen molar-refractivity contribution in [1.29, 1.82) is 0 Å². The van der Waals surface area contributed by atoms with Gasteiger partial charge in [-0.25, -0.2) is 0 Å². The first-order valence-electron chi connectivity index (χ1n) is 8.91. The second-order valence-electron chi connectivity index (χ2n) is 6.82. The summed E-state index contributed by atoms with van der Waals surface area (Å²) in [5, 5.41) is 5.40. The predicted octanol–water partition coefficient (Wildman–Crippen LogP) is 3.15. The van der Waals surface area contributed by atoms with Gasteiger partial charge in [-0.3, -0.25) is 19.3 Å². The first-order chi connectivity index (χ1) is 13.8. The van der Waals surface area contributed by atoms with Gasteiger partial charge in [0.1, 0.15) is 10.9 Å². The summed E-state index contributed by atoms with van der Waals surface area (Å²) >= 11 is 6.11. The Morgan fingerprint density at radius 2 is 1.93 bits per heavy atom. The average molecular weight is 424 g/mol. The molecule has 1 fully saturated rings. The molecule has 146 valence electrons. The summed E-state index contributed by atoms with van der Waals surface area (Å²) in [6.45, 7) is 3.74. The van der Waals surface area contributed by atoms with Crippen molar-refractivity contribution in [2.75, 3.05) is 16.8 Å². The number of anilines is 2. The third-order valence-corrected chi connectivity index (χ3v) is 5.96. The maximum atomic E-state index is 13.2. The SMILES string of the molecule is Cc1ccc(NC(=O)CN2C(=O)C(=C3SC(=S)NC3=O)c3ccccc32)c(C)c1. The van der Waals surface area contributed by atoms with Crippen LogP contribution in [0, 0.1) is 13.8 Å². The van der Waals surface area contributed by atoms with Crippen molar-refractivity contribution in [2.45, 2.75) is 13.8 Å². The maximum Gasteiger partial charge on any atom is 0.264 e. The standard InChI is InChI=1S/C21H17N3O3S2/c1-11-7-8-14(12(2)9-11)22-16(25)10-24-15-6-4-3-5-13(15)17(20(24)27)18-19(26)23-21(28)29-18/h3-9H,10H2,1-2H3,(H,22,25)(H,23,26,28). The topological polar surface area (TPSA) is 78.5 Å². The van der Waals surface area contributed by atoms with Gasteiger partial charge in [0.2, 0.25) is 5.91 Å². The Labute approximate surface area is 177 Å². The molecule has 0 aromatic heterocycles. The molecule has 0 atom stereocenters. The number of thiocarbonyl (C=S) groups is 1. The zero-order chi connectivity index (χ0) is 20.7. The molecular weight excluding hydrogens is 406 g/mol. The highest BCUT2D eigenvalue weighted by atomic mass is 32.2. The van der Waals surface area contributed by atoms with Crippen LogP contribution in [0.15, 0.2) is 47.4 Å². The van der Waals surface area contributed by atoms with Crippen LogP contribution in [0.3, 0.4) is 0 Å². The third-order valence-electron chi connectivity index (χ3n) is 4.72. The molecule has 0 radical (unpaired) electrons. The lowest BCUT2D eigenvalue weighted by molar-refractivity contribution is -0.118. The highest BCUT2D eigenvalue weighted by molar-refractivity contribution is 8.27. The Morgan fingerprint density at radius 3 is 2.62 bits per heavy atom. The summed E-state index contributed by atoms with van der Waals surface area (Å²) in [5.41, 5.74) is 4.26. The molecule has 0 saturated carbocycles. The molecule has 0 aliphatic carbocycles. The number of carbonyl (C=O) groups is 3. The van der Waals surface area contributed by atoms with E-state index in [1.54, 1.807) is 24.3 Å². The number of nitrogens with zero attached hydrogens (tertiary/aromatic N) is 1. The van der Waals surface area contributed by atoms with Crippen LogP contribution in [0.25, 0.3) is 5.57 Å². The Morgan fingerprint density at radius 1 is 1.17 bits per heavy atom. The van der Waals surface area contributed by atoms with E-state index in [9.17, 15) is 14.4 Å². The molecule has 2 N–H and O–H groups in total. The van der Waals surface area contributed by atoms with E-state index in [-0.39, 0.29) is 34.7 Å². The van der Waals surface area contributed by atoms with Crippen LogP contribution < -0.4 is 15.5 Å². The molecule has 1 saturated heterocycles. The molecule has 4 rings (SSSR count). The Hall–Kier alpha value is -2.97. The third kappa shape index (κ3) is 3.56. The molecule has 8 heteroatoms. The molecule has 2 aromatic carbocycles. The number of hydrogen-bond acceptors (Lipinski definition) is 5. The number of hydrogen-bond donors (Lipinski definition) is 2. The molecule has 2 aliphatic rings. The van der Waals surface area contributed by atoms with Crippen molar-refractivity contribution in [2.24, 2.45) is 0 Å². The van der Waals surface area contributed by atoms with Crippen molar-refractivity contribution in [3.05, 3.63) is 64.1 Å². The average Bonchev–Trinajstić information content (AvgIpc) is 3.13. The number of para-hydroxylation sites is 1. The number of fused-ring (bicyclic) bond motifs is 1. The van der Waals surface area contributed by atoms with Gasteiger partial charge in [-0.15, -0.1) is 0 Å². The van der Waals surface area contributed by atoms with Gasteiger partial charge in [0.15, 0.2) is 0 Å². The summed E-state index contributed by atoms with van der Waals surface area (Å²) in [6, 6.07) is 12.9. The largest absolute Gasteiger partial charge is 0.324 e. The van der Waals surface area contributed by atoms with E-state index < -0.39 is 0 Å². The number of rotatable bonds is 3. The van der Waals surface area contributed by atoms with Gasteiger partial charge in [0.05, 0.1) is 16.2 Å². The van der Waals surface area contributed by atoms with Crippen molar-refractivity contribution in [3.8, 4) is 0 Å². The number of amides is 3. The van der Waals surface area contributed by atoms with Crippen LogP contribution in [-0.4, -0.2) is 28.6 Å². The molecule has 0 spiro atoms. The van der Waals surface area contributed by atoms with Crippen LogP contribution in [0.1, 0.15) is 16.7 Å². The van der Waals surface area contributed by atoms with Crippen molar-refractivity contribution in [3.63, 3.8) is 0 Å². The van der Waals surface area contributed by atoms with Crippen LogP contribution in [0.5, 0.6) is 0 Å². The number of aryl methyl sites for hydroxylation is 2. The number of carbonyl (C=O) groups excluding carboxylic acids is 3. The monoisotopic (exact) mass is 423 g/mol. The lowest BCUT2D eigenvalue weighted by Gasteiger charge is -2.17. The summed E-state index contributed by atoms with van der Waals surface area (Å²) in [4.78, 5) is 39.7. The zero-order valence-electron chi connectivity index (χ0n) is 15.7. The van der Waals surface area contributed by atoms with Gasteiger partial charge >= 0.3 is 0 Å². The second-order valence-corrected chi connectivity index (χ2v) is 8.51. The summed E-state index contributed by atoms with van der Waals surface area (Å²) < 4.78 is 0.314. The molecule has 2 heterocycles. The molecule has 29 heavy (non-hydrogen) atoms. The highest BCUT2D eigenvalue weighted by Crippen LogP contribution is 2.42. The van der Waals surface area contributed by atoms with Gasteiger partial charge in [-0.05, 0) is 31.5 Å². The Bertz CT molecular complexity index is 1120. The summed E-state index contributed by atoms with van der Waals surface area (Å²) in [5.74, 6) is -1.09. The summed E-state index contributed by atoms with van der Waals surface area (Å²) in [6.07, 6.45) is 0. The van der Waals surface area contributed by atoms with Gasteiger partial charge in [-0.1, -0.05) is 59.9 Å². The molecule has 0 unspecified atom stereocenters. The van der Waals surface area contributed by atoms with Crippen LogP contribution >= 0.6 is 24.0 Å². The first-order valence-corrected chi connectivity index (χ1v) is 10.1.